The Kier molecular flexibility index (Phi) is 10.6. The fraction of sp³-hybridized carbons (Fsp3) is 0.364. The Morgan fingerprint density at radius 2 is 0.853 bits per heavy atom. The molecule has 186 valence electrons. The standard InChI is InChI=1S/C22H30N2O8P2/c25-17-23(19-7-11-21(12-8-19)33(27,28)29)15-5-3-1-2-4-6-16-24(18-26)20-9-13-22(14-10-20)34(30,31)32/h7-14,17-18H,1-6,15-16H2,(H2,27,28,29)(H2,30,31,32). The normalized spacial score (nSPS) is 11.8. The third-order valence-corrected chi connectivity index (χ3v) is 7.28. The maximum absolute atomic E-state index is 11.4. The fourth-order valence-corrected chi connectivity index (χ4v) is 4.51. The highest BCUT2D eigenvalue weighted by Gasteiger charge is 2.18. The highest BCUT2D eigenvalue weighted by Crippen LogP contribution is 2.34. The second-order valence-electron chi connectivity index (χ2n) is 7.84. The number of hydrogen-bond acceptors (Lipinski definition) is 4. The number of hydrogen-bond donors (Lipinski definition) is 4. The van der Waals surface area contributed by atoms with E-state index in [4.69, 9.17) is 19.6 Å². The van der Waals surface area contributed by atoms with Crippen LogP contribution in [-0.2, 0) is 18.7 Å². The van der Waals surface area contributed by atoms with E-state index in [0.29, 0.717) is 37.3 Å². The van der Waals surface area contributed by atoms with Crippen molar-refractivity contribution in [2.24, 2.45) is 0 Å². The van der Waals surface area contributed by atoms with E-state index in [1.807, 2.05) is 0 Å². The lowest BCUT2D eigenvalue weighted by Crippen LogP contribution is -2.23. The van der Waals surface area contributed by atoms with Gasteiger partial charge in [-0.2, -0.15) is 0 Å². The van der Waals surface area contributed by atoms with Crippen molar-refractivity contribution >= 4 is 50.0 Å². The molecule has 0 aliphatic rings. The minimum Gasteiger partial charge on any atom is -0.321 e. The zero-order valence-corrected chi connectivity index (χ0v) is 20.4. The van der Waals surface area contributed by atoms with E-state index in [1.54, 1.807) is 0 Å². The molecule has 0 heterocycles. The van der Waals surface area contributed by atoms with E-state index in [1.165, 1.54) is 58.3 Å². The van der Waals surface area contributed by atoms with Crippen LogP contribution in [-0.4, -0.2) is 45.5 Å². The smallest absolute Gasteiger partial charge is 0.321 e. The lowest BCUT2D eigenvalue weighted by atomic mass is 10.1. The molecule has 0 atom stereocenters. The van der Waals surface area contributed by atoms with Gasteiger partial charge in [-0.05, 0) is 61.4 Å². The van der Waals surface area contributed by atoms with Gasteiger partial charge in [0.05, 0.1) is 10.6 Å². The largest absolute Gasteiger partial charge is 0.356 e. The molecule has 0 spiro atoms. The molecule has 2 rings (SSSR count). The Hall–Kier alpha value is -2.32. The molecule has 0 aromatic heterocycles. The number of unbranched alkanes of at least 4 members (excludes halogenated alkanes) is 5. The maximum Gasteiger partial charge on any atom is 0.356 e. The van der Waals surface area contributed by atoms with Crippen LogP contribution in [0.2, 0.25) is 0 Å². The molecule has 0 saturated carbocycles. The van der Waals surface area contributed by atoms with Crippen LogP contribution < -0.4 is 20.4 Å². The van der Waals surface area contributed by atoms with Gasteiger partial charge < -0.3 is 29.4 Å². The molecule has 2 aromatic carbocycles. The molecule has 12 heteroatoms. The maximum atomic E-state index is 11.4. The molecule has 0 saturated heterocycles. The topological polar surface area (TPSA) is 156 Å². The molecule has 2 aromatic rings. The van der Waals surface area contributed by atoms with Crippen LogP contribution in [0.4, 0.5) is 11.4 Å². The summed E-state index contributed by atoms with van der Waals surface area (Å²) in [7, 11) is -8.62. The SMILES string of the molecule is O=CN(CCCCCCCCN(C=O)c1ccc(P(=O)(O)O)cc1)c1ccc(P(=O)(O)O)cc1. The average molecular weight is 512 g/mol. The average Bonchev–Trinajstić information content (AvgIpc) is 2.80. The predicted molar refractivity (Wildman–Crippen MR) is 131 cm³/mol. The van der Waals surface area contributed by atoms with Crippen LogP contribution in [0.5, 0.6) is 0 Å². The number of amides is 2. The zero-order chi connectivity index (χ0) is 25.2. The van der Waals surface area contributed by atoms with E-state index in [-0.39, 0.29) is 10.6 Å². The first-order valence-electron chi connectivity index (χ1n) is 10.8. The number of nitrogens with zero attached hydrogens (tertiary/aromatic N) is 2. The molecule has 0 fully saturated rings. The van der Waals surface area contributed by atoms with E-state index in [9.17, 15) is 18.7 Å². The molecule has 4 N–H and O–H groups in total. The summed E-state index contributed by atoms with van der Waals surface area (Å²) >= 11 is 0. The predicted octanol–water partition coefficient (Wildman–Crippen LogP) is 2.26. The van der Waals surface area contributed by atoms with E-state index >= 15 is 0 Å². The number of benzene rings is 2. The molecule has 34 heavy (non-hydrogen) atoms. The van der Waals surface area contributed by atoms with Crippen LogP contribution >= 0.6 is 15.2 Å². The Bertz CT molecular complexity index is 935. The van der Waals surface area contributed by atoms with Crippen molar-refractivity contribution in [3.63, 3.8) is 0 Å². The van der Waals surface area contributed by atoms with Gasteiger partial charge in [0.2, 0.25) is 12.8 Å². The van der Waals surface area contributed by atoms with Gasteiger partial charge in [0, 0.05) is 24.5 Å². The van der Waals surface area contributed by atoms with Crippen molar-refractivity contribution in [2.45, 2.75) is 38.5 Å². The van der Waals surface area contributed by atoms with Crippen LogP contribution in [0, 0.1) is 0 Å². The minimum atomic E-state index is -4.31. The molecule has 0 bridgehead atoms. The van der Waals surface area contributed by atoms with Crippen LogP contribution in [0.25, 0.3) is 0 Å². The first-order chi connectivity index (χ1) is 16.1. The third-order valence-electron chi connectivity index (χ3n) is 5.34. The second-order valence-corrected chi connectivity index (χ2v) is 11.0. The summed E-state index contributed by atoms with van der Waals surface area (Å²) in [5, 5.41) is -0.179. The number of anilines is 2. The van der Waals surface area contributed by atoms with E-state index in [0.717, 1.165) is 38.5 Å². The molecule has 10 nitrogen and oxygen atoms in total. The van der Waals surface area contributed by atoms with Gasteiger partial charge in [-0.25, -0.2) is 0 Å². The van der Waals surface area contributed by atoms with Gasteiger partial charge >= 0.3 is 15.2 Å². The van der Waals surface area contributed by atoms with Crippen molar-refractivity contribution < 1.29 is 38.3 Å². The van der Waals surface area contributed by atoms with Gasteiger partial charge in [-0.1, -0.05) is 25.7 Å². The Balaban J connectivity index is 1.67. The lowest BCUT2D eigenvalue weighted by Gasteiger charge is -2.18. The fourth-order valence-electron chi connectivity index (χ4n) is 3.43. The molecular formula is C22H30N2O8P2. The summed E-state index contributed by atoms with van der Waals surface area (Å²) in [6.45, 7) is 1.00. The Labute approximate surface area is 198 Å². The van der Waals surface area contributed by atoms with Crippen LogP contribution in [0.1, 0.15) is 38.5 Å². The highest BCUT2D eigenvalue weighted by molar-refractivity contribution is 7.60. The van der Waals surface area contributed by atoms with Crippen LogP contribution in [0.15, 0.2) is 48.5 Å². The van der Waals surface area contributed by atoms with E-state index in [2.05, 4.69) is 0 Å². The summed E-state index contributed by atoms with van der Waals surface area (Å²) in [5.41, 5.74) is 1.16. The van der Waals surface area contributed by atoms with Crippen molar-refractivity contribution in [1.29, 1.82) is 0 Å². The van der Waals surface area contributed by atoms with Gasteiger partial charge in [-0.3, -0.25) is 18.7 Å². The molecule has 0 aliphatic carbocycles. The molecule has 2 amide bonds. The number of carbonyl (C=O) groups excluding carboxylic acids is 2. The summed E-state index contributed by atoms with van der Waals surface area (Å²) < 4.78 is 22.5. The lowest BCUT2D eigenvalue weighted by molar-refractivity contribution is -0.108. The van der Waals surface area contributed by atoms with Crippen molar-refractivity contribution in [3.05, 3.63) is 48.5 Å². The summed E-state index contributed by atoms with van der Waals surface area (Å²) in [4.78, 5) is 62.4. The monoisotopic (exact) mass is 512 g/mol. The molecule has 0 aliphatic heterocycles. The van der Waals surface area contributed by atoms with Crippen LogP contribution in [0.3, 0.4) is 0 Å². The first-order valence-corrected chi connectivity index (χ1v) is 14.0. The van der Waals surface area contributed by atoms with Crippen molar-refractivity contribution in [3.8, 4) is 0 Å². The van der Waals surface area contributed by atoms with Crippen molar-refractivity contribution in [2.75, 3.05) is 22.9 Å². The van der Waals surface area contributed by atoms with Crippen molar-refractivity contribution in [1.82, 2.24) is 0 Å². The Morgan fingerprint density at radius 3 is 1.12 bits per heavy atom. The quantitative estimate of drug-likeness (QED) is 0.161. The molecule has 0 radical (unpaired) electrons. The van der Waals surface area contributed by atoms with Gasteiger partial charge in [0.25, 0.3) is 0 Å². The summed E-state index contributed by atoms with van der Waals surface area (Å²) in [6, 6.07) is 11.3. The number of rotatable bonds is 15. The van der Waals surface area contributed by atoms with Gasteiger partial charge in [0.15, 0.2) is 0 Å². The van der Waals surface area contributed by atoms with Gasteiger partial charge in [0.1, 0.15) is 0 Å². The third kappa shape index (κ3) is 8.80. The minimum absolute atomic E-state index is 0.0894. The van der Waals surface area contributed by atoms with E-state index < -0.39 is 15.2 Å². The molecule has 0 unspecified atom stereocenters. The zero-order valence-electron chi connectivity index (χ0n) is 18.6. The highest BCUT2D eigenvalue weighted by atomic mass is 31.2. The second kappa shape index (κ2) is 13.0. The molecular weight excluding hydrogens is 482 g/mol. The van der Waals surface area contributed by atoms with Gasteiger partial charge in [-0.15, -0.1) is 0 Å². The summed E-state index contributed by atoms with van der Waals surface area (Å²) in [6.07, 6.45) is 6.71. The number of carbonyl (C=O) groups is 2. The first kappa shape index (κ1) is 27.9. The summed E-state index contributed by atoms with van der Waals surface area (Å²) in [5.74, 6) is 0. The Morgan fingerprint density at radius 1 is 0.559 bits per heavy atom.